The molecule has 0 atom stereocenters. The number of benzene rings is 1. The SMILES string of the molecule is Cc1cc2cc(C(C)C)c(N)nc2cc1F. The number of hydrogen-bond acceptors (Lipinski definition) is 2. The summed E-state index contributed by atoms with van der Waals surface area (Å²) in [7, 11) is 0. The molecule has 2 rings (SSSR count). The maximum atomic E-state index is 13.4. The maximum absolute atomic E-state index is 13.4. The van der Waals surface area contributed by atoms with Gasteiger partial charge in [-0.2, -0.15) is 0 Å². The Morgan fingerprint density at radius 2 is 1.94 bits per heavy atom. The van der Waals surface area contributed by atoms with Gasteiger partial charge in [-0.15, -0.1) is 0 Å². The van der Waals surface area contributed by atoms with Gasteiger partial charge < -0.3 is 5.73 Å². The largest absolute Gasteiger partial charge is 0.383 e. The Balaban J connectivity index is 2.74. The molecule has 1 heterocycles. The third-order valence-corrected chi connectivity index (χ3v) is 2.78. The molecule has 2 aromatic rings. The first-order valence-electron chi connectivity index (χ1n) is 5.35. The summed E-state index contributed by atoms with van der Waals surface area (Å²) in [6, 6.07) is 5.24. The van der Waals surface area contributed by atoms with E-state index in [1.165, 1.54) is 6.07 Å². The van der Waals surface area contributed by atoms with Crippen LogP contribution in [-0.4, -0.2) is 4.98 Å². The predicted molar refractivity (Wildman–Crippen MR) is 64.9 cm³/mol. The summed E-state index contributed by atoms with van der Waals surface area (Å²) >= 11 is 0. The smallest absolute Gasteiger partial charge is 0.128 e. The number of rotatable bonds is 1. The molecule has 0 aliphatic carbocycles. The lowest BCUT2D eigenvalue weighted by atomic mass is 10.0. The first kappa shape index (κ1) is 10.9. The lowest BCUT2D eigenvalue weighted by Gasteiger charge is -2.10. The first-order valence-corrected chi connectivity index (χ1v) is 5.35. The number of nitrogen functional groups attached to an aromatic ring is 1. The molecule has 0 saturated carbocycles. The molecule has 16 heavy (non-hydrogen) atoms. The van der Waals surface area contributed by atoms with E-state index >= 15 is 0 Å². The fourth-order valence-electron chi connectivity index (χ4n) is 1.80. The van der Waals surface area contributed by atoms with Crippen LogP contribution in [0.25, 0.3) is 10.9 Å². The minimum atomic E-state index is -0.239. The van der Waals surface area contributed by atoms with Crippen molar-refractivity contribution in [1.82, 2.24) is 4.98 Å². The molecule has 1 aromatic carbocycles. The fraction of sp³-hybridized carbons (Fsp3) is 0.308. The number of pyridine rings is 1. The third kappa shape index (κ3) is 1.73. The molecule has 0 saturated heterocycles. The second-order valence-electron chi connectivity index (χ2n) is 4.41. The zero-order chi connectivity index (χ0) is 11.9. The highest BCUT2D eigenvalue weighted by Crippen LogP contribution is 2.26. The molecule has 0 aliphatic rings. The van der Waals surface area contributed by atoms with Crippen LogP contribution in [0, 0.1) is 12.7 Å². The summed E-state index contributed by atoms with van der Waals surface area (Å²) in [6.45, 7) is 5.88. The van der Waals surface area contributed by atoms with E-state index in [0.29, 0.717) is 22.8 Å². The Labute approximate surface area is 94.3 Å². The molecular formula is C13H15FN2. The van der Waals surface area contributed by atoms with E-state index in [4.69, 9.17) is 5.73 Å². The number of aromatic nitrogens is 1. The monoisotopic (exact) mass is 218 g/mol. The van der Waals surface area contributed by atoms with Crippen molar-refractivity contribution >= 4 is 16.7 Å². The molecule has 3 heteroatoms. The zero-order valence-electron chi connectivity index (χ0n) is 9.71. The molecule has 1 aromatic heterocycles. The molecule has 84 valence electrons. The molecule has 0 fully saturated rings. The third-order valence-electron chi connectivity index (χ3n) is 2.78. The zero-order valence-corrected chi connectivity index (χ0v) is 9.71. The number of fused-ring (bicyclic) bond motifs is 1. The van der Waals surface area contributed by atoms with E-state index in [-0.39, 0.29) is 5.82 Å². The summed E-state index contributed by atoms with van der Waals surface area (Å²) in [5, 5.41) is 0.941. The van der Waals surface area contributed by atoms with Crippen molar-refractivity contribution < 1.29 is 4.39 Å². The maximum Gasteiger partial charge on any atom is 0.128 e. The molecule has 0 bridgehead atoms. The Bertz CT molecular complexity index is 547. The van der Waals surface area contributed by atoms with E-state index in [1.54, 1.807) is 6.92 Å². The van der Waals surface area contributed by atoms with Gasteiger partial charge in [0.05, 0.1) is 5.52 Å². The van der Waals surface area contributed by atoms with Crippen LogP contribution in [0.3, 0.4) is 0 Å². The Kier molecular flexibility index (Phi) is 2.54. The van der Waals surface area contributed by atoms with Crippen molar-refractivity contribution in [1.29, 1.82) is 0 Å². The lowest BCUT2D eigenvalue weighted by Crippen LogP contribution is -2.00. The molecule has 0 unspecified atom stereocenters. The quantitative estimate of drug-likeness (QED) is 0.796. The number of aryl methyl sites for hydroxylation is 1. The summed E-state index contributed by atoms with van der Waals surface area (Å²) in [4.78, 5) is 4.24. The van der Waals surface area contributed by atoms with Gasteiger partial charge in [-0.25, -0.2) is 9.37 Å². The van der Waals surface area contributed by atoms with E-state index in [1.807, 2.05) is 12.1 Å². The van der Waals surface area contributed by atoms with Gasteiger partial charge in [0.2, 0.25) is 0 Å². The van der Waals surface area contributed by atoms with Gasteiger partial charge >= 0.3 is 0 Å². The predicted octanol–water partition coefficient (Wildman–Crippen LogP) is 3.39. The summed E-state index contributed by atoms with van der Waals surface area (Å²) in [6.07, 6.45) is 0. The van der Waals surface area contributed by atoms with Crippen molar-refractivity contribution in [3.63, 3.8) is 0 Å². The van der Waals surface area contributed by atoms with Crippen LogP contribution < -0.4 is 5.73 Å². The van der Waals surface area contributed by atoms with Crippen LogP contribution in [0.5, 0.6) is 0 Å². The Hall–Kier alpha value is -1.64. The van der Waals surface area contributed by atoms with Crippen molar-refractivity contribution in [2.24, 2.45) is 0 Å². The van der Waals surface area contributed by atoms with Crippen LogP contribution >= 0.6 is 0 Å². The minimum Gasteiger partial charge on any atom is -0.383 e. The molecule has 0 radical (unpaired) electrons. The van der Waals surface area contributed by atoms with Crippen LogP contribution in [0.15, 0.2) is 18.2 Å². The van der Waals surface area contributed by atoms with Gasteiger partial charge in [-0.1, -0.05) is 13.8 Å². The summed E-state index contributed by atoms with van der Waals surface area (Å²) in [5.74, 6) is 0.574. The van der Waals surface area contributed by atoms with Gasteiger partial charge in [0.15, 0.2) is 0 Å². The van der Waals surface area contributed by atoms with Crippen molar-refractivity contribution in [3.8, 4) is 0 Å². The number of anilines is 1. The highest BCUT2D eigenvalue weighted by Gasteiger charge is 2.09. The van der Waals surface area contributed by atoms with Crippen LogP contribution in [0.4, 0.5) is 10.2 Å². The first-order chi connectivity index (χ1) is 7.49. The van der Waals surface area contributed by atoms with Crippen molar-refractivity contribution in [2.45, 2.75) is 26.7 Å². The van der Waals surface area contributed by atoms with Gasteiger partial charge in [-0.3, -0.25) is 0 Å². The minimum absolute atomic E-state index is 0.239. The van der Waals surface area contributed by atoms with Crippen LogP contribution in [0.1, 0.15) is 30.9 Å². The second-order valence-corrected chi connectivity index (χ2v) is 4.41. The van der Waals surface area contributed by atoms with Gasteiger partial charge in [0.1, 0.15) is 11.6 Å². The van der Waals surface area contributed by atoms with Crippen LogP contribution in [-0.2, 0) is 0 Å². The highest BCUT2D eigenvalue weighted by atomic mass is 19.1. The average Bonchev–Trinajstić information content (AvgIpc) is 2.19. The molecule has 0 amide bonds. The molecule has 2 N–H and O–H groups in total. The molecule has 0 aliphatic heterocycles. The van der Waals surface area contributed by atoms with Crippen molar-refractivity contribution in [2.75, 3.05) is 5.73 Å². The number of halogens is 1. The van der Waals surface area contributed by atoms with Gasteiger partial charge in [0.25, 0.3) is 0 Å². The molecular weight excluding hydrogens is 203 g/mol. The van der Waals surface area contributed by atoms with E-state index in [2.05, 4.69) is 18.8 Å². The number of nitrogens with two attached hydrogens (primary N) is 1. The summed E-state index contributed by atoms with van der Waals surface area (Å²) in [5.41, 5.74) is 8.10. The topological polar surface area (TPSA) is 38.9 Å². The lowest BCUT2D eigenvalue weighted by molar-refractivity contribution is 0.620. The Morgan fingerprint density at radius 3 is 2.56 bits per heavy atom. The molecule has 2 nitrogen and oxygen atoms in total. The fourth-order valence-corrected chi connectivity index (χ4v) is 1.80. The number of hydrogen-bond donors (Lipinski definition) is 1. The van der Waals surface area contributed by atoms with Crippen LogP contribution in [0.2, 0.25) is 0 Å². The molecule has 0 spiro atoms. The highest BCUT2D eigenvalue weighted by molar-refractivity contribution is 5.82. The normalized spacial score (nSPS) is 11.3. The standard InChI is InChI=1S/C13H15FN2/c1-7(2)10-5-9-4-8(3)11(14)6-12(9)16-13(10)15/h4-7H,1-3H3,(H2,15,16). The summed E-state index contributed by atoms with van der Waals surface area (Å²) < 4.78 is 13.4. The van der Waals surface area contributed by atoms with Gasteiger partial charge in [0, 0.05) is 11.5 Å². The van der Waals surface area contributed by atoms with E-state index < -0.39 is 0 Å². The second kappa shape index (κ2) is 3.74. The Morgan fingerprint density at radius 1 is 1.25 bits per heavy atom. The number of nitrogens with zero attached hydrogens (tertiary/aromatic N) is 1. The van der Waals surface area contributed by atoms with E-state index in [0.717, 1.165) is 10.9 Å². The van der Waals surface area contributed by atoms with E-state index in [9.17, 15) is 4.39 Å². The average molecular weight is 218 g/mol. The van der Waals surface area contributed by atoms with Gasteiger partial charge in [-0.05, 0) is 36.1 Å². The van der Waals surface area contributed by atoms with Crippen molar-refractivity contribution in [3.05, 3.63) is 35.1 Å².